The molecule has 1 aliphatic rings. The van der Waals surface area contributed by atoms with E-state index in [4.69, 9.17) is 0 Å². The molecule has 1 saturated carbocycles. The summed E-state index contributed by atoms with van der Waals surface area (Å²) in [5, 5.41) is 12.9. The molecule has 0 aromatic rings. The van der Waals surface area contributed by atoms with Crippen LogP contribution in [-0.2, 0) is 4.57 Å². The van der Waals surface area contributed by atoms with Gasteiger partial charge in [0.05, 0.1) is 12.3 Å². The van der Waals surface area contributed by atoms with Crippen molar-refractivity contribution in [3.63, 3.8) is 0 Å². The van der Waals surface area contributed by atoms with E-state index in [1.54, 1.807) is 0 Å². The summed E-state index contributed by atoms with van der Waals surface area (Å²) in [6, 6.07) is 0. The highest BCUT2D eigenvalue weighted by molar-refractivity contribution is 8.43. The third kappa shape index (κ3) is 9.10. The fraction of sp³-hybridized carbons (Fsp3) is 1.00. The normalized spacial score (nSPS) is 22.4. The molecule has 1 fully saturated rings. The molecule has 0 radical (unpaired) electrons. The smallest absolute Gasteiger partial charge is 0.203 e. The Bertz CT molecular complexity index is 298. The second-order valence-electron chi connectivity index (χ2n) is 5.50. The first-order valence-electron chi connectivity index (χ1n) is 6.85. The van der Waals surface area contributed by atoms with Crippen molar-refractivity contribution >= 4 is 32.5 Å². The van der Waals surface area contributed by atoms with Gasteiger partial charge < -0.3 is 15.3 Å². The molecule has 0 aromatic heterocycles. The molecule has 0 aromatic carbocycles. The number of aliphatic hydroxyl groups is 1. The van der Waals surface area contributed by atoms with E-state index in [0.717, 1.165) is 19.1 Å². The van der Waals surface area contributed by atoms with Gasteiger partial charge in [-0.15, -0.1) is 17.9 Å². The molecule has 19 heavy (non-hydrogen) atoms. The predicted octanol–water partition coefficient (Wildman–Crippen LogP) is 2.81. The van der Waals surface area contributed by atoms with E-state index in [1.165, 1.54) is 19.3 Å². The Kier molecular flexibility index (Phi) is 9.15. The van der Waals surface area contributed by atoms with Gasteiger partial charge in [0, 0.05) is 19.0 Å². The Labute approximate surface area is 122 Å². The molecule has 0 aliphatic heterocycles. The van der Waals surface area contributed by atoms with E-state index >= 15 is 0 Å². The predicted molar refractivity (Wildman–Crippen MR) is 91.4 cm³/mol. The van der Waals surface area contributed by atoms with Crippen LogP contribution in [0.1, 0.15) is 32.1 Å². The minimum atomic E-state index is -3.18. The summed E-state index contributed by atoms with van der Waals surface area (Å²) in [5.41, 5.74) is 0. The van der Waals surface area contributed by atoms with E-state index in [9.17, 15) is 14.6 Å². The summed E-state index contributed by atoms with van der Waals surface area (Å²) in [6.45, 7) is 0.400. The summed E-state index contributed by atoms with van der Waals surface area (Å²) in [4.78, 5) is 10.0. The van der Waals surface area contributed by atoms with Crippen LogP contribution >= 0.6 is 32.5 Å². The van der Waals surface area contributed by atoms with Gasteiger partial charge in [0.2, 0.25) is 7.37 Å². The monoisotopic (exact) mass is 345 g/mol. The SMILES string of the molecule is O=P(O)(CC1CCCCC1)C[C@H](O)CNCP(P)P. The van der Waals surface area contributed by atoms with Crippen molar-refractivity contribution in [2.45, 2.75) is 38.2 Å². The molecule has 0 amide bonds. The number of aliphatic hydroxyl groups excluding tert-OH is 1. The zero-order valence-electron chi connectivity index (χ0n) is 11.4. The fourth-order valence-corrected chi connectivity index (χ4v) is 5.87. The molecule has 8 heteroatoms. The van der Waals surface area contributed by atoms with Gasteiger partial charge in [-0.3, -0.25) is 4.57 Å². The third-order valence-corrected chi connectivity index (χ3v) is 7.20. The third-order valence-electron chi connectivity index (χ3n) is 3.44. The highest BCUT2D eigenvalue weighted by atomic mass is 32.4. The van der Waals surface area contributed by atoms with Crippen LogP contribution in [0.4, 0.5) is 0 Å². The van der Waals surface area contributed by atoms with Crippen molar-refractivity contribution in [2.75, 3.05) is 25.2 Å². The standard InChI is InChI=1S/C11H27NO3P4/c13-11(6-12-9-18(16)17)8-19(14,15)7-10-4-2-1-3-5-10/h10-13H,1-9,16-17H2,(H,14,15)/t11-/m1/s1. The molecule has 3 unspecified atom stereocenters. The van der Waals surface area contributed by atoms with Crippen molar-refractivity contribution in [1.29, 1.82) is 0 Å². The average Bonchev–Trinajstić information content (AvgIpc) is 2.28. The van der Waals surface area contributed by atoms with Gasteiger partial charge in [0.25, 0.3) is 0 Å². The summed E-state index contributed by atoms with van der Waals surface area (Å²) in [5.74, 6) is 0.386. The second-order valence-corrected chi connectivity index (χ2v) is 15.0. The van der Waals surface area contributed by atoms with Gasteiger partial charge >= 0.3 is 0 Å². The van der Waals surface area contributed by atoms with Crippen molar-refractivity contribution in [3.8, 4) is 0 Å². The van der Waals surface area contributed by atoms with E-state index in [1.807, 2.05) is 0 Å². The molecule has 3 N–H and O–H groups in total. The van der Waals surface area contributed by atoms with Crippen molar-refractivity contribution in [2.24, 2.45) is 5.92 Å². The Morgan fingerprint density at radius 2 is 1.95 bits per heavy atom. The van der Waals surface area contributed by atoms with Gasteiger partial charge in [-0.1, -0.05) is 26.6 Å². The number of hydrogen-bond donors (Lipinski definition) is 3. The lowest BCUT2D eigenvalue weighted by Crippen LogP contribution is -2.29. The van der Waals surface area contributed by atoms with Crippen molar-refractivity contribution in [3.05, 3.63) is 0 Å². The molecule has 4 nitrogen and oxygen atoms in total. The maximum absolute atomic E-state index is 12.2. The average molecular weight is 345 g/mol. The number of rotatable bonds is 8. The van der Waals surface area contributed by atoms with Gasteiger partial charge in [-0.2, -0.15) is 0 Å². The quantitative estimate of drug-likeness (QED) is 0.592. The first-order valence-corrected chi connectivity index (χ1v) is 13.6. The molecule has 0 spiro atoms. The molecular formula is C11H27NO3P4. The zero-order valence-corrected chi connectivity index (χ0v) is 15.5. The van der Waals surface area contributed by atoms with E-state index in [2.05, 4.69) is 23.2 Å². The molecule has 0 heterocycles. The topological polar surface area (TPSA) is 69.6 Å². The van der Waals surface area contributed by atoms with Crippen LogP contribution in [0, 0.1) is 5.92 Å². The highest BCUT2D eigenvalue weighted by Crippen LogP contribution is 2.51. The van der Waals surface area contributed by atoms with Crippen LogP contribution in [0.15, 0.2) is 0 Å². The Balaban J connectivity index is 2.25. The van der Waals surface area contributed by atoms with E-state index < -0.39 is 13.5 Å². The first-order chi connectivity index (χ1) is 8.89. The maximum atomic E-state index is 12.2. The molecule has 0 bridgehead atoms. The number of nitrogens with one attached hydrogen (secondary N) is 1. The molecule has 0 saturated heterocycles. The minimum Gasteiger partial charge on any atom is -0.391 e. The second kappa shape index (κ2) is 9.42. The van der Waals surface area contributed by atoms with Crippen molar-refractivity contribution in [1.82, 2.24) is 5.32 Å². The van der Waals surface area contributed by atoms with Crippen LogP contribution in [-0.4, -0.2) is 41.3 Å². The summed E-state index contributed by atoms with van der Waals surface area (Å²) in [7, 11) is 2.04. The molecule has 114 valence electrons. The first kappa shape index (κ1) is 18.4. The minimum absolute atomic E-state index is 0.0299. The van der Waals surface area contributed by atoms with Crippen LogP contribution in [0.2, 0.25) is 0 Å². The number of hydrogen-bond acceptors (Lipinski definition) is 3. The van der Waals surface area contributed by atoms with Crippen LogP contribution in [0.5, 0.6) is 0 Å². The lowest BCUT2D eigenvalue weighted by Gasteiger charge is -2.25. The Morgan fingerprint density at radius 3 is 2.53 bits per heavy atom. The van der Waals surface area contributed by atoms with Crippen LogP contribution in [0.3, 0.4) is 0 Å². The van der Waals surface area contributed by atoms with E-state index in [0.29, 0.717) is 18.6 Å². The highest BCUT2D eigenvalue weighted by Gasteiger charge is 2.27. The maximum Gasteiger partial charge on any atom is 0.203 e. The van der Waals surface area contributed by atoms with Gasteiger partial charge in [0.15, 0.2) is 0 Å². The summed E-state index contributed by atoms with van der Waals surface area (Å²) < 4.78 is 12.2. The largest absolute Gasteiger partial charge is 0.391 e. The van der Waals surface area contributed by atoms with Gasteiger partial charge in [-0.25, -0.2) is 0 Å². The van der Waals surface area contributed by atoms with Gasteiger partial charge in [-0.05, 0) is 18.8 Å². The zero-order chi connectivity index (χ0) is 14.3. The van der Waals surface area contributed by atoms with Gasteiger partial charge in [0.1, 0.15) is 0 Å². The Morgan fingerprint density at radius 1 is 1.32 bits per heavy atom. The van der Waals surface area contributed by atoms with Crippen molar-refractivity contribution < 1.29 is 14.6 Å². The molecule has 4 atom stereocenters. The van der Waals surface area contributed by atoms with E-state index in [-0.39, 0.29) is 13.5 Å². The molecule has 1 rings (SSSR count). The van der Waals surface area contributed by atoms with Crippen LogP contribution < -0.4 is 5.32 Å². The fourth-order valence-electron chi connectivity index (χ4n) is 2.60. The Hall–Kier alpha value is 1.40. The lowest BCUT2D eigenvalue weighted by atomic mass is 9.91. The summed E-state index contributed by atoms with van der Waals surface area (Å²) >= 11 is 0. The lowest BCUT2D eigenvalue weighted by molar-refractivity contribution is 0.192. The molecular weight excluding hydrogens is 318 g/mol. The van der Waals surface area contributed by atoms with Crippen LogP contribution in [0.25, 0.3) is 0 Å². The molecule has 1 aliphatic carbocycles. The summed E-state index contributed by atoms with van der Waals surface area (Å²) in [6.07, 6.45) is 6.29.